The SMILES string of the molecule is COc1cccc(N2CCN(C(c3cc4cc(C)c(C)cc4[nH]c3=O)c3nnnn3C(C)(C)C)CC2)c1. The van der Waals surface area contributed by atoms with E-state index in [0.717, 1.165) is 54.1 Å². The number of anilines is 1. The molecule has 1 saturated heterocycles. The van der Waals surface area contributed by atoms with Gasteiger partial charge < -0.3 is 14.6 Å². The fraction of sp³-hybridized carbons (Fsp3) is 0.429. The van der Waals surface area contributed by atoms with Crippen molar-refractivity contribution in [3.63, 3.8) is 0 Å². The predicted octanol–water partition coefficient (Wildman–Crippen LogP) is 3.81. The van der Waals surface area contributed by atoms with E-state index in [-0.39, 0.29) is 17.1 Å². The van der Waals surface area contributed by atoms with Crippen LogP contribution in [-0.2, 0) is 5.54 Å². The number of aromatic amines is 1. The van der Waals surface area contributed by atoms with Gasteiger partial charge in [0.25, 0.3) is 5.56 Å². The summed E-state index contributed by atoms with van der Waals surface area (Å²) < 4.78 is 7.26. The quantitative estimate of drug-likeness (QED) is 0.445. The molecule has 4 aromatic rings. The molecule has 0 aliphatic carbocycles. The molecule has 0 bridgehead atoms. The van der Waals surface area contributed by atoms with E-state index >= 15 is 0 Å². The Hall–Kier alpha value is -3.72. The maximum atomic E-state index is 13.5. The van der Waals surface area contributed by atoms with Crippen LogP contribution in [0.5, 0.6) is 5.75 Å². The topological polar surface area (TPSA) is 92.2 Å². The van der Waals surface area contributed by atoms with Gasteiger partial charge in [-0.1, -0.05) is 6.07 Å². The second-order valence-electron chi connectivity index (χ2n) is 10.8. The van der Waals surface area contributed by atoms with E-state index in [1.54, 1.807) is 7.11 Å². The highest BCUT2D eigenvalue weighted by molar-refractivity contribution is 5.81. The van der Waals surface area contributed by atoms with Crippen molar-refractivity contribution in [3.8, 4) is 5.75 Å². The van der Waals surface area contributed by atoms with Gasteiger partial charge in [-0.3, -0.25) is 9.69 Å². The van der Waals surface area contributed by atoms with Gasteiger partial charge in [0.05, 0.1) is 12.6 Å². The molecule has 2 aromatic carbocycles. The van der Waals surface area contributed by atoms with Crippen LogP contribution in [0.2, 0.25) is 0 Å². The Morgan fingerprint density at radius 1 is 1.00 bits per heavy atom. The van der Waals surface area contributed by atoms with E-state index in [0.29, 0.717) is 11.4 Å². The number of nitrogens with one attached hydrogen (secondary N) is 1. The number of ether oxygens (including phenoxy) is 1. The number of rotatable bonds is 5. The first-order valence-electron chi connectivity index (χ1n) is 12.7. The Morgan fingerprint density at radius 2 is 1.73 bits per heavy atom. The van der Waals surface area contributed by atoms with E-state index in [4.69, 9.17) is 4.74 Å². The van der Waals surface area contributed by atoms with E-state index < -0.39 is 0 Å². The lowest BCUT2D eigenvalue weighted by molar-refractivity contribution is 0.190. The Bertz CT molecular complexity index is 1480. The molecule has 0 saturated carbocycles. The fourth-order valence-corrected chi connectivity index (χ4v) is 5.08. The van der Waals surface area contributed by atoms with Gasteiger partial charge in [-0.2, -0.15) is 0 Å². The smallest absolute Gasteiger partial charge is 0.253 e. The molecule has 5 rings (SSSR count). The molecule has 1 aliphatic rings. The van der Waals surface area contributed by atoms with Crippen molar-refractivity contribution >= 4 is 16.6 Å². The second-order valence-corrected chi connectivity index (χ2v) is 10.8. The lowest BCUT2D eigenvalue weighted by atomic mass is 9.99. The van der Waals surface area contributed by atoms with Crippen molar-refractivity contribution in [2.24, 2.45) is 0 Å². The number of aromatic nitrogens is 5. The van der Waals surface area contributed by atoms with Crippen molar-refractivity contribution in [2.75, 3.05) is 38.2 Å². The van der Waals surface area contributed by atoms with Crippen LogP contribution in [0.1, 0.15) is 49.3 Å². The molecule has 1 atom stereocenters. The number of nitrogens with zero attached hydrogens (tertiary/aromatic N) is 6. The Labute approximate surface area is 217 Å². The average molecular weight is 502 g/mol. The molecule has 9 nitrogen and oxygen atoms in total. The molecule has 194 valence electrons. The van der Waals surface area contributed by atoms with Crippen LogP contribution in [0.3, 0.4) is 0 Å². The Kier molecular flexibility index (Phi) is 6.49. The summed E-state index contributed by atoms with van der Waals surface area (Å²) in [7, 11) is 1.69. The zero-order valence-corrected chi connectivity index (χ0v) is 22.4. The van der Waals surface area contributed by atoms with Crippen LogP contribution >= 0.6 is 0 Å². The normalized spacial score (nSPS) is 15.8. The molecule has 0 spiro atoms. The van der Waals surface area contributed by atoms with E-state index in [2.05, 4.69) is 83.1 Å². The molecule has 9 heteroatoms. The highest BCUT2D eigenvalue weighted by atomic mass is 16.5. The van der Waals surface area contributed by atoms with Crippen LogP contribution in [0, 0.1) is 13.8 Å². The van der Waals surface area contributed by atoms with Crippen molar-refractivity contribution < 1.29 is 4.74 Å². The van der Waals surface area contributed by atoms with Gasteiger partial charge in [0, 0.05) is 49.0 Å². The number of aryl methyl sites for hydroxylation is 2. The number of tetrazole rings is 1. The largest absolute Gasteiger partial charge is 0.497 e. The zero-order valence-electron chi connectivity index (χ0n) is 22.4. The molecule has 0 amide bonds. The number of piperazine rings is 1. The molecule has 1 unspecified atom stereocenters. The van der Waals surface area contributed by atoms with Gasteiger partial charge in [-0.05, 0) is 91.9 Å². The lowest BCUT2D eigenvalue weighted by Gasteiger charge is -2.40. The number of hydrogen-bond acceptors (Lipinski definition) is 7. The predicted molar refractivity (Wildman–Crippen MR) is 145 cm³/mol. The molecule has 0 radical (unpaired) electrons. The fourth-order valence-electron chi connectivity index (χ4n) is 5.08. The molecule has 2 aromatic heterocycles. The van der Waals surface area contributed by atoms with Gasteiger partial charge in [0.15, 0.2) is 5.82 Å². The van der Waals surface area contributed by atoms with Crippen LogP contribution in [-0.4, -0.2) is 63.4 Å². The van der Waals surface area contributed by atoms with E-state index in [1.165, 1.54) is 5.56 Å². The maximum Gasteiger partial charge on any atom is 0.253 e. The monoisotopic (exact) mass is 501 g/mol. The summed E-state index contributed by atoms with van der Waals surface area (Å²) in [6.45, 7) is 13.5. The number of hydrogen-bond donors (Lipinski definition) is 1. The summed E-state index contributed by atoms with van der Waals surface area (Å²) in [6, 6.07) is 13.9. The van der Waals surface area contributed by atoms with Gasteiger partial charge >= 0.3 is 0 Å². The first-order chi connectivity index (χ1) is 17.7. The Balaban J connectivity index is 1.55. The molecule has 1 N–H and O–H groups in total. The first-order valence-corrected chi connectivity index (χ1v) is 12.7. The minimum atomic E-state index is -0.378. The molecule has 37 heavy (non-hydrogen) atoms. The third kappa shape index (κ3) is 4.83. The molecule has 1 fully saturated rings. The maximum absolute atomic E-state index is 13.5. The number of pyridine rings is 1. The second kappa shape index (κ2) is 9.63. The molecular formula is C28H35N7O2. The highest BCUT2D eigenvalue weighted by Gasteiger charge is 2.35. The van der Waals surface area contributed by atoms with Gasteiger partial charge in [-0.25, -0.2) is 4.68 Å². The van der Waals surface area contributed by atoms with Crippen molar-refractivity contribution in [1.29, 1.82) is 0 Å². The van der Waals surface area contributed by atoms with Gasteiger partial charge in [-0.15, -0.1) is 5.10 Å². The molecule has 3 heterocycles. The summed E-state index contributed by atoms with van der Waals surface area (Å²) in [6.07, 6.45) is 0. The first kappa shape index (κ1) is 25.0. The van der Waals surface area contributed by atoms with Crippen molar-refractivity contribution in [1.82, 2.24) is 30.1 Å². The molecular weight excluding hydrogens is 466 g/mol. The standard InChI is InChI=1S/C28H35N7O2/c1-18-14-20-16-23(27(36)29-24(20)15-19(18)2)25(26-30-31-32-35(26)28(3,4)5)34-12-10-33(11-13-34)21-8-7-9-22(17-21)37-6/h7-9,14-17,25H,10-13H2,1-6H3,(H,29,36). The summed E-state index contributed by atoms with van der Waals surface area (Å²) in [5.74, 6) is 1.52. The number of methoxy groups -OCH3 is 1. The van der Waals surface area contributed by atoms with Crippen molar-refractivity contribution in [3.05, 3.63) is 75.3 Å². The lowest BCUT2D eigenvalue weighted by Crippen LogP contribution is -2.49. The summed E-state index contributed by atoms with van der Waals surface area (Å²) in [4.78, 5) is 21.3. The summed E-state index contributed by atoms with van der Waals surface area (Å²) in [5, 5.41) is 13.8. The van der Waals surface area contributed by atoms with Crippen molar-refractivity contribution in [2.45, 2.75) is 46.2 Å². The number of fused-ring (bicyclic) bond motifs is 1. The zero-order chi connectivity index (χ0) is 26.3. The van der Waals surface area contributed by atoms with Crippen LogP contribution in [0.4, 0.5) is 5.69 Å². The minimum Gasteiger partial charge on any atom is -0.497 e. The van der Waals surface area contributed by atoms with Crippen LogP contribution in [0.25, 0.3) is 10.9 Å². The highest BCUT2D eigenvalue weighted by Crippen LogP contribution is 2.31. The molecule has 1 aliphatic heterocycles. The summed E-state index contributed by atoms with van der Waals surface area (Å²) in [5.41, 5.74) is 4.52. The van der Waals surface area contributed by atoms with E-state index in [9.17, 15) is 4.79 Å². The third-order valence-corrected chi connectivity index (χ3v) is 7.25. The minimum absolute atomic E-state index is 0.112. The Morgan fingerprint density at radius 3 is 2.43 bits per heavy atom. The van der Waals surface area contributed by atoms with Gasteiger partial charge in [0.1, 0.15) is 11.8 Å². The third-order valence-electron chi connectivity index (χ3n) is 7.25. The van der Waals surface area contributed by atoms with Crippen LogP contribution < -0.4 is 15.2 Å². The summed E-state index contributed by atoms with van der Waals surface area (Å²) >= 11 is 0. The average Bonchev–Trinajstić information content (AvgIpc) is 3.36. The number of H-pyrrole nitrogens is 1. The number of benzene rings is 2. The van der Waals surface area contributed by atoms with Gasteiger partial charge in [0.2, 0.25) is 0 Å². The van der Waals surface area contributed by atoms with Crippen LogP contribution in [0.15, 0.2) is 47.3 Å². The van der Waals surface area contributed by atoms with E-state index in [1.807, 2.05) is 28.9 Å².